The van der Waals surface area contributed by atoms with Crippen LogP contribution in [0.3, 0.4) is 0 Å². The van der Waals surface area contributed by atoms with Crippen molar-refractivity contribution in [2.24, 2.45) is 0 Å². The second kappa shape index (κ2) is 3.80. The van der Waals surface area contributed by atoms with Gasteiger partial charge in [-0.15, -0.1) is 6.42 Å². The van der Waals surface area contributed by atoms with Gasteiger partial charge in [0, 0.05) is 17.3 Å². The van der Waals surface area contributed by atoms with E-state index in [9.17, 15) is 0 Å². The first-order chi connectivity index (χ1) is 6.92. The van der Waals surface area contributed by atoms with Gasteiger partial charge in [0.15, 0.2) is 0 Å². The number of anilines is 1. The molecule has 0 saturated heterocycles. The Morgan fingerprint density at radius 2 is 2.21 bits per heavy atom. The lowest BCUT2D eigenvalue weighted by Gasteiger charge is -2.05. The summed E-state index contributed by atoms with van der Waals surface area (Å²) in [5.74, 6) is 2.55. The van der Waals surface area contributed by atoms with Crippen molar-refractivity contribution in [3.63, 3.8) is 0 Å². The zero-order valence-electron chi connectivity index (χ0n) is 7.70. The Bertz CT molecular complexity index is 478. The van der Waals surface area contributed by atoms with Crippen LogP contribution in [0.4, 0.5) is 5.69 Å². The number of benzene rings is 1. The number of hydrogen-bond acceptors (Lipinski definition) is 2. The Kier molecular flexibility index (Phi) is 2.33. The third kappa shape index (κ3) is 1.53. The van der Waals surface area contributed by atoms with Gasteiger partial charge in [-0.1, -0.05) is 12.0 Å². The minimum atomic E-state index is 0.536. The number of fused-ring (bicyclic) bond motifs is 1. The maximum atomic E-state index is 5.19. The van der Waals surface area contributed by atoms with Crippen molar-refractivity contribution in [1.82, 2.24) is 4.98 Å². The monoisotopic (exact) mass is 182 g/mol. The normalized spacial score (nSPS) is 9.64. The van der Waals surface area contributed by atoms with Gasteiger partial charge < -0.3 is 5.32 Å². The van der Waals surface area contributed by atoms with Crippen LogP contribution in [-0.4, -0.2) is 11.5 Å². The number of rotatable bonds is 2. The van der Waals surface area contributed by atoms with E-state index in [1.165, 1.54) is 0 Å². The third-order valence-electron chi connectivity index (χ3n) is 2.03. The highest BCUT2D eigenvalue weighted by Crippen LogP contribution is 2.20. The number of terminal acetylenes is 1. The summed E-state index contributed by atoms with van der Waals surface area (Å²) >= 11 is 0. The third-order valence-corrected chi connectivity index (χ3v) is 2.03. The van der Waals surface area contributed by atoms with Gasteiger partial charge >= 0.3 is 0 Å². The van der Waals surface area contributed by atoms with E-state index in [4.69, 9.17) is 6.42 Å². The van der Waals surface area contributed by atoms with Crippen LogP contribution in [0.2, 0.25) is 0 Å². The van der Waals surface area contributed by atoms with Gasteiger partial charge in [-0.2, -0.15) is 0 Å². The molecule has 0 aliphatic heterocycles. The van der Waals surface area contributed by atoms with E-state index in [0.29, 0.717) is 6.54 Å². The summed E-state index contributed by atoms with van der Waals surface area (Å²) in [5, 5.41) is 4.26. The fourth-order valence-electron chi connectivity index (χ4n) is 1.40. The standard InChI is InChI=1S/C12H10N2/c1-2-8-13-11-6-3-7-12-10(11)5-4-9-14-12/h1,3-7,9,13H,8H2. The van der Waals surface area contributed by atoms with E-state index in [1.807, 2.05) is 30.3 Å². The lowest BCUT2D eigenvalue weighted by atomic mass is 10.2. The Balaban J connectivity index is 2.49. The Hall–Kier alpha value is -2.01. The predicted octanol–water partition coefficient (Wildman–Crippen LogP) is 2.28. The van der Waals surface area contributed by atoms with Gasteiger partial charge in [-0.05, 0) is 24.3 Å². The number of hydrogen-bond donors (Lipinski definition) is 1. The molecular formula is C12H10N2. The highest BCUT2D eigenvalue weighted by molar-refractivity contribution is 5.91. The van der Waals surface area contributed by atoms with Crippen molar-refractivity contribution in [3.8, 4) is 12.3 Å². The second-order valence-electron chi connectivity index (χ2n) is 2.93. The van der Waals surface area contributed by atoms with Crippen LogP contribution < -0.4 is 5.32 Å². The molecule has 1 aromatic heterocycles. The topological polar surface area (TPSA) is 24.9 Å². The van der Waals surface area contributed by atoms with Gasteiger partial charge in [0.1, 0.15) is 0 Å². The summed E-state index contributed by atoms with van der Waals surface area (Å²) in [4.78, 5) is 4.26. The van der Waals surface area contributed by atoms with Crippen molar-refractivity contribution < 1.29 is 0 Å². The highest BCUT2D eigenvalue weighted by atomic mass is 14.9. The molecular weight excluding hydrogens is 172 g/mol. The summed E-state index contributed by atoms with van der Waals surface area (Å²) in [5.41, 5.74) is 2.02. The minimum absolute atomic E-state index is 0.536. The Morgan fingerprint density at radius 3 is 3.07 bits per heavy atom. The van der Waals surface area contributed by atoms with Gasteiger partial charge in [-0.3, -0.25) is 4.98 Å². The molecule has 0 bridgehead atoms. The molecule has 2 nitrogen and oxygen atoms in total. The summed E-state index contributed by atoms with van der Waals surface area (Å²) in [6.45, 7) is 0.536. The first-order valence-corrected chi connectivity index (χ1v) is 4.43. The van der Waals surface area contributed by atoms with Gasteiger partial charge in [0.2, 0.25) is 0 Å². The van der Waals surface area contributed by atoms with Crippen molar-refractivity contribution in [2.75, 3.05) is 11.9 Å². The lowest BCUT2D eigenvalue weighted by Crippen LogP contribution is -1.98. The second-order valence-corrected chi connectivity index (χ2v) is 2.93. The summed E-state index contributed by atoms with van der Waals surface area (Å²) < 4.78 is 0. The number of nitrogens with one attached hydrogen (secondary N) is 1. The zero-order chi connectivity index (χ0) is 9.80. The SMILES string of the molecule is C#CCNc1cccc2ncccc12. The maximum Gasteiger partial charge on any atom is 0.0763 e. The van der Waals surface area contributed by atoms with Gasteiger partial charge in [0.25, 0.3) is 0 Å². The molecule has 1 N–H and O–H groups in total. The van der Waals surface area contributed by atoms with E-state index in [2.05, 4.69) is 16.2 Å². The van der Waals surface area contributed by atoms with Crippen molar-refractivity contribution in [3.05, 3.63) is 36.5 Å². The predicted molar refractivity (Wildman–Crippen MR) is 59.1 cm³/mol. The smallest absolute Gasteiger partial charge is 0.0763 e. The maximum absolute atomic E-state index is 5.19. The summed E-state index contributed by atoms with van der Waals surface area (Å²) in [6.07, 6.45) is 6.98. The van der Waals surface area contributed by atoms with Crippen LogP contribution in [0.5, 0.6) is 0 Å². The van der Waals surface area contributed by atoms with Crippen LogP contribution >= 0.6 is 0 Å². The molecule has 0 aliphatic rings. The molecule has 0 spiro atoms. The molecule has 1 aromatic carbocycles. The summed E-state index contributed by atoms with van der Waals surface area (Å²) in [7, 11) is 0. The zero-order valence-corrected chi connectivity index (χ0v) is 7.70. The molecule has 2 aromatic rings. The fraction of sp³-hybridized carbons (Fsp3) is 0.0833. The first-order valence-electron chi connectivity index (χ1n) is 4.43. The Labute approximate surface area is 83.0 Å². The highest BCUT2D eigenvalue weighted by Gasteiger charge is 1.98. The van der Waals surface area contributed by atoms with E-state index < -0.39 is 0 Å². The number of nitrogens with zero attached hydrogens (tertiary/aromatic N) is 1. The molecule has 68 valence electrons. The van der Waals surface area contributed by atoms with E-state index in [1.54, 1.807) is 6.20 Å². The van der Waals surface area contributed by atoms with Crippen molar-refractivity contribution in [1.29, 1.82) is 0 Å². The van der Waals surface area contributed by atoms with Gasteiger partial charge in [-0.25, -0.2) is 0 Å². The molecule has 0 amide bonds. The fourth-order valence-corrected chi connectivity index (χ4v) is 1.40. The van der Waals surface area contributed by atoms with Crippen LogP contribution in [0.15, 0.2) is 36.5 Å². The number of pyridine rings is 1. The molecule has 2 rings (SSSR count). The molecule has 2 heteroatoms. The largest absolute Gasteiger partial charge is 0.374 e. The minimum Gasteiger partial charge on any atom is -0.374 e. The molecule has 0 saturated carbocycles. The molecule has 0 unspecified atom stereocenters. The molecule has 0 radical (unpaired) electrons. The quantitative estimate of drug-likeness (QED) is 0.721. The first kappa shape index (κ1) is 8.58. The van der Waals surface area contributed by atoms with Gasteiger partial charge in [0.05, 0.1) is 12.1 Å². The average molecular weight is 182 g/mol. The summed E-state index contributed by atoms with van der Waals surface area (Å²) in [6, 6.07) is 9.90. The van der Waals surface area contributed by atoms with Crippen LogP contribution in [0.1, 0.15) is 0 Å². The molecule has 0 atom stereocenters. The van der Waals surface area contributed by atoms with E-state index in [-0.39, 0.29) is 0 Å². The van der Waals surface area contributed by atoms with E-state index in [0.717, 1.165) is 16.6 Å². The molecule has 0 aliphatic carbocycles. The van der Waals surface area contributed by atoms with Crippen LogP contribution in [-0.2, 0) is 0 Å². The molecule has 14 heavy (non-hydrogen) atoms. The van der Waals surface area contributed by atoms with E-state index >= 15 is 0 Å². The molecule has 0 fully saturated rings. The number of aromatic nitrogens is 1. The van der Waals surface area contributed by atoms with Crippen molar-refractivity contribution >= 4 is 16.6 Å². The lowest BCUT2D eigenvalue weighted by molar-refractivity contribution is 1.37. The average Bonchev–Trinajstić information content (AvgIpc) is 2.26. The van der Waals surface area contributed by atoms with Crippen LogP contribution in [0, 0.1) is 12.3 Å². The Morgan fingerprint density at radius 1 is 1.29 bits per heavy atom. The molecule has 1 heterocycles. The van der Waals surface area contributed by atoms with Crippen molar-refractivity contribution in [2.45, 2.75) is 0 Å². The van der Waals surface area contributed by atoms with Crippen LogP contribution in [0.25, 0.3) is 10.9 Å².